The molecule has 8 atom stereocenters. The Morgan fingerprint density at radius 2 is 1.40 bits per heavy atom. The van der Waals surface area contributed by atoms with Crippen molar-refractivity contribution in [1.82, 2.24) is 9.80 Å². The van der Waals surface area contributed by atoms with Crippen LogP contribution in [0.25, 0.3) is 0 Å². The van der Waals surface area contributed by atoms with Crippen LogP contribution in [0.4, 0.5) is 4.79 Å². The molecule has 0 aliphatic heterocycles. The molecule has 4 aliphatic rings. The minimum Gasteiger partial charge on any atom is -0.462 e. The molecule has 1 amide bonds. The van der Waals surface area contributed by atoms with Crippen LogP contribution >= 0.6 is 0 Å². The maximum Gasteiger partial charge on any atom is 0.409 e. The Balaban J connectivity index is 1.08. The minimum absolute atomic E-state index is 0.0244. The first kappa shape index (κ1) is 55.2. The van der Waals surface area contributed by atoms with Gasteiger partial charge in [0, 0.05) is 38.9 Å². The summed E-state index contributed by atoms with van der Waals surface area (Å²) in [4.78, 5) is 42.1. The van der Waals surface area contributed by atoms with E-state index in [1.807, 2.05) is 30.0 Å². The molecule has 8 nitrogen and oxygen atoms in total. The van der Waals surface area contributed by atoms with Gasteiger partial charge in [-0.2, -0.15) is 0 Å². The van der Waals surface area contributed by atoms with Crippen molar-refractivity contribution < 1.29 is 28.6 Å². The number of allylic oxidation sites excluding steroid dienone is 2. The van der Waals surface area contributed by atoms with E-state index in [1.165, 1.54) is 77.0 Å². The summed E-state index contributed by atoms with van der Waals surface area (Å²) < 4.78 is 17.2. The van der Waals surface area contributed by atoms with Gasteiger partial charge < -0.3 is 24.0 Å². The zero-order chi connectivity index (χ0) is 47.1. The van der Waals surface area contributed by atoms with Crippen LogP contribution in [0.1, 0.15) is 221 Å². The van der Waals surface area contributed by atoms with Crippen LogP contribution in [0.3, 0.4) is 0 Å². The first-order chi connectivity index (χ1) is 31.3. The van der Waals surface area contributed by atoms with Crippen molar-refractivity contribution in [2.45, 2.75) is 227 Å². The number of nitrogens with zero attached hydrogens (tertiary/aromatic N) is 2. The number of rotatable bonds is 32. The fraction of sp³-hybridized carbons (Fsp3) is 0.877. The van der Waals surface area contributed by atoms with Gasteiger partial charge in [-0.1, -0.05) is 142 Å². The van der Waals surface area contributed by atoms with Crippen molar-refractivity contribution in [3.8, 4) is 0 Å². The molecule has 0 heterocycles. The van der Waals surface area contributed by atoms with E-state index in [0.29, 0.717) is 51.1 Å². The van der Waals surface area contributed by atoms with Crippen LogP contribution in [-0.2, 0) is 23.8 Å². The summed E-state index contributed by atoms with van der Waals surface area (Å²) in [5.41, 5.74) is 2.38. The first-order valence-electron chi connectivity index (χ1n) is 27.5. The van der Waals surface area contributed by atoms with Gasteiger partial charge in [0.05, 0.1) is 0 Å². The molecule has 4 rings (SSSR count). The van der Waals surface area contributed by atoms with Crippen molar-refractivity contribution >= 4 is 18.0 Å². The van der Waals surface area contributed by atoms with Gasteiger partial charge in [0.1, 0.15) is 19.3 Å². The number of amides is 1. The molecule has 0 radical (unpaired) electrons. The van der Waals surface area contributed by atoms with Crippen molar-refractivity contribution in [2.75, 3.05) is 46.9 Å². The third-order valence-electron chi connectivity index (χ3n) is 16.9. The first-order valence-corrected chi connectivity index (χ1v) is 27.5. The van der Waals surface area contributed by atoms with E-state index < -0.39 is 0 Å². The number of hydrogen-bond donors (Lipinski definition) is 0. The van der Waals surface area contributed by atoms with Crippen LogP contribution < -0.4 is 0 Å². The molecular weight excluding hydrogens is 809 g/mol. The van der Waals surface area contributed by atoms with Gasteiger partial charge in [-0.3, -0.25) is 9.59 Å². The van der Waals surface area contributed by atoms with Gasteiger partial charge in [0.25, 0.3) is 0 Å². The number of fused-ring (bicyclic) bond motifs is 5. The normalized spacial score (nSPS) is 26.7. The zero-order valence-corrected chi connectivity index (χ0v) is 43.5. The van der Waals surface area contributed by atoms with Crippen LogP contribution in [0.15, 0.2) is 23.8 Å². The largest absolute Gasteiger partial charge is 0.462 e. The lowest BCUT2D eigenvalue weighted by atomic mass is 9.47. The van der Waals surface area contributed by atoms with Gasteiger partial charge >= 0.3 is 18.0 Å². The number of carbonyl (C=O) groups is 3. The summed E-state index contributed by atoms with van der Waals surface area (Å²) in [6.07, 6.45) is 37.4. The Morgan fingerprint density at radius 1 is 0.723 bits per heavy atom. The lowest BCUT2D eigenvalue weighted by molar-refractivity contribution is -0.151. The van der Waals surface area contributed by atoms with Gasteiger partial charge in [-0.25, -0.2) is 4.79 Å². The molecule has 0 aromatic rings. The molecular formula is C57H100N2O6. The van der Waals surface area contributed by atoms with E-state index >= 15 is 0 Å². The lowest BCUT2D eigenvalue weighted by Crippen LogP contribution is -2.51. The highest BCUT2D eigenvalue weighted by molar-refractivity contribution is 5.70. The number of carbonyl (C=O) groups excluding carboxylic acids is 3. The Labute approximate surface area is 399 Å². The highest BCUT2D eigenvalue weighted by Crippen LogP contribution is 2.67. The van der Waals surface area contributed by atoms with Gasteiger partial charge in [-0.15, -0.1) is 0 Å². The third-order valence-corrected chi connectivity index (χ3v) is 16.9. The Kier molecular flexibility index (Phi) is 25.1. The number of esters is 2. The topological polar surface area (TPSA) is 85.4 Å². The van der Waals surface area contributed by atoms with Crippen molar-refractivity contribution in [2.24, 2.45) is 46.3 Å². The van der Waals surface area contributed by atoms with Crippen LogP contribution in [-0.4, -0.2) is 80.9 Å². The van der Waals surface area contributed by atoms with Crippen LogP contribution in [0.5, 0.6) is 0 Å². The maximum atomic E-state index is 13.1. The molecule has 0 saturated heterocycles. The predicted octanol–water partition coefficient (Wildman–Crippen LogP) is 14.7. The second-order valence-electron chi connectivity index (χ2n) is 22.6. The van der Waals surface area contributed by atoms with Gasteiger partial charge in [-0.05, 0) is 144 Å². The predicted molar refractivity (Wildman–Crippen MR) is 269 cm³/mol. The molecule has 3 fully saturated rings. The van der Waals surface area contributed by atoms with Gasteiger partial charge in [0.2, 0.25) is 0 Å². The van der Waals surface area contributed by atoms with E-state index in [4.69, 9.17) is 14.2 Å². The minimum atomic E-state index is -0.221. The van der Waals surface area contributed by atoms with E-state index in [-0.39, 0.29) is 29.6 Å². The fourth-order valence-corrected chi connectivity index (χ4v) is 13.0. The number of unbranched alkanes of at least 4 members (excludes halogenated alkanes) is 12. The van der Waals surface area contributed by atoms with Crippen LogP contribution in [0.2, 0.25) is 0 Å². The second kappa shape index (κ2) is 29.5. The van der Waals surface area contributed by atoms with E-state index in [9.17, 15) is 14.4 Å². The SMILES string of the molecule is CCCCCC/C=C\COC(=O)CCCCCCCN(CCCCCCCC(=O)O[C@H]1CC[C@@]2(C)C(=CC[C@@H]3C2CC[C@@]2(C)C3CC[C@@H]2[C@H](C)CCCC(C)C)C1)C(=O)OCCN(C)C. The zero-order valence-electron chi connectivity index (χ0n) is 43.5. The summed E-state index contributed by atoms with van der Waals surface area (Å²) >= 11 is 0. The monoisotopic (exact) mass is 909 g/mol. The second-order valence-corrected chi connectivity index (χ2v) is 22.6. The average molecular weight is 909 g/mol. The summed E-state index contributed by atoms with van der Waals surface area (Å²) in [6, 6.07) is 0. The summed E-state index contributed by atoms with van der Waals surface area (Å²) in [6.45, 7) is 17.6. The van der Waals surface area contributed by atoms with E-state index in [1.54, 1.807) is 5.57 Å². The Morgan fingerprint density at radius 3 is 2.09 bits per heavy atom. The molecule has 8 heteroatoms. The Hall–Kier alpha value is -2.35. The van der Waals surface area contributed by atoms with Crippen molar-refractivity contribution in [3.63, 3.8) is 0 Å². The van der Waals surface area contributed by atoms with E-state index in [2.05, 4.69) is 53.7 Å². The summed E-state index contributed by atoms with van der Waals surface area (Å²) in [5.74, 6) is 4.90. The molecule has 0 aromatic heterocycles. The third kappa shape index (κ3) is 18.2. The smallest absolute Gasteiger partial charge is 0.409 e. The number of ether oxygens (including phenoxy) is 3. The standard InChI is InChI=1S/C57H100N2O6/c1-9-10-11-12-13-20-25-42-63-53(60)29-21-16-14-18-23-39-59(55(62)64-43-41-58(7)8)40-24-19-15-17-22-30-54(61)65-48-35-37-56(5)47(44-48)31-32-49-51-34-33-50(46(4)28-26-27-45(2)3)57(51,6)38-36-52(49)56/h20,25,31,45-46,48-52H,9-19,21-24,26-30,32-44H2,1-8H3/b25-20-/t46-,48+,49+,50-,51?,52?,56+,57-/m1/s1. The molecule has 0 aromatic carbocycles. The highest BCUT2D eigenvalue weighted by atomic mass is 16.6. The summed E-state index contributed by atoms with van der Waals surface area (Å²) in [7, 11) is 3.96. The molecule has 374 valence electrons. The molecule has 0 N–H and O–H groups in total. The van der Waals surface area contributed by atoms with Crippen molar-refractivity contribution in [1.29, 1.82) is 0 Å². The maximum absolute atomic E-state index is 13.1. The van der Waals surface area contributed by atoms with E-state index in [0.717, 1.165) is 125 Å². The highest BCUT2D eigenvalue weighted by Gasteiger charge is 2.59. The fourth-order valence-electron chi connectivity index (χ4n) is 13.0. The van der Waals surface area contributed by atoms with Crippen molar-refractivity contribution in [3.05, 3.63) is 23.8 Å². The average Bonchev–Trinajstić information content (AvgIpc) is 3.63. The molecule has 2 unspecified atom stereocenters. The summed E-state index contributed by atoms with van der Waals surface area (Å²) in [5, 5.41) is 0. The number of likely N-dealkylation sites (N-methyl/N-ethyl adjacent to an activating group) is 1. The molecule has 3 saturated carbocycles. The Bertz CT molecular complexity index is 1440. The molecule has 0 bridgehead atoms. The molecule has 0 spiro atoms. The molecule has 65 heavy (non-hydrogen) atoms. The molecule has 4 aliphatic carbocycles. The number of hydrogen-bond acceptors (Lipinski definition) is 7. The van der Waals surface area contributed by atoms with Crippen LogP contribution in [0, 0.1) is 46.3 Å². The lowest BCUT2D eigenvalue weighted by Gasteiger charge is -2.58. The van der Waals surface area contributed by atoms with Gasteiger partial charge in [0.15, 0.2) is 0 Å². The quantitative estimate of drug-likeness (QED) is 0.0288.